The number of ether oxygens (including phenoxy) is 2. The van der Waals surface area contributed by atoms with Gasteiger partial charge in [-0.05, 0) is 11.6 Å². The average Bonchev–Trinajstić information content (AvgIpc) is 2.39. The Morgan fingerprint density at radius 1 is 1.17 bits per heavy atom. The van der Waals surface area contributed by atoms with Gasteiger partial charge in [0.05, 0.1) is 23.9 Å². The maximum absolute atomic E-state index is 6.28. The number of nitrogens with zero attached hydrogens (tertiary/aromatic N) is 1. The van der Waals surface area contributed by atoms with E-state index in [2.05, 4.69) is 4.90 Å². The largest absolute Gasteiger partial charge is 0.383 e. The highest BCUT2D eigenvalue weighted by Gasteiger charge is 2.13. The molecule has 0 bridgehead atoms. The molecule has 0 unspecified atom stereocenters. The summed E-state index contributed by atoms with van der Waals surface area (Å²) in [5.74, 6) is 0. The maximum Gasteiger partial charge on any atom is 0.0642 e. The Balaban J connectivity index is 2.94. The summed E-state index contributed by atoms with van der Waals surface area (Å²) in [7, 11) is 3.37. The molecule has 102 valence electrons. The minimum Gasteiger partial charge on any atom is -0.383 e. The van der Waals surface area contributed by atoms with Crippen molar-refractivity contribution in [2.24, 2.45) is 5.73 Å². The normalized spacial score (nSPS) is 10.7. The first kappa shape index (κ1) is 15.2. The number of nitrogens with two attached hydrogens (primary N) is 1. The zero-order valence-corrected chi connectivity index (χ0v) is 11.7. The number of halogens is 1. The quantitative estimate of drug-likeness (QED) is 0.785. The molecule has 1 rings (SSSR count). The van der Waals surface area contributed by atoms with Crippen molar-refractivity contribution in [3.05, 3.63) is 28.8 Å². The van der Waals surface area contributed by atoms with E-state index in [1.165, 1.54) is 0 Å². The topological polar surface area (TPSA) is 47.7 Å². The van der Waals surface area contributed by atoms with Crippen LogP contribution in [0.1, 0.15) is 5.56 Å². The van der Waals surface area contributed by atoms with Crippen molar-refractivity contribution < 1.29 is 9.47 Å². The van der Waals surface area contributed by atoms with E-state index in [0.717, 1.165) is 24.3 Å². The third-order valence-electron chi connectivity index (χ3n) is 2.74. The number of para-hydroxylation sites is 1. The fraction of sp³-hybridized carbons (Fsp3) is 0.538. The molecule has 0 amide bonds. The molecule has 1 aromatic carbocycles. The van der Waals surface area contributed by atoms with E-state index in [4.69, 9.17) is 26.8 Å². The Morgan fingerprint density at radius 2 is 1.78 bits per heavy atom. The molecule has 0 aliphatic rings. The third-order valence-corrected chi connectivity index (χ3v) is 3.04. The first-order chi connectivity index (χ1) is 8.74. The predicted molar refractivity (Wildman–Crippen MR) is 75.3 cm³/mol. The van der Waals surface area contributed by atoms with Crippen LogP contribution >= 0.6 is 11.6 Å². The summed E-state index contributed by atoms with van der Waals surface area (Å²) < 4.78 is 10.3. The lowest BCUT2D eigenvalue weighted by Crippen LogP contribution is -2.32. The van der Waals surface area contributed by atoms with Crippen molar-refractivity contribution >= 4 is 17.3 Å². The van der Waals surface area contributed by atoms with Gasteiger partial charge >= 0.3 is 0 Å². The lowest BCUT2D eigenvalue weighted by atomic mass is 10.1. The van der Waals surface area contributed by atoms with Crippen LogP contribution in [0, 0.1) is 0 Å². The number of anilines is 1. The zero-order valence-electron chi connectivity index (χ0n) is 11.0. The van der Waals surface area contributed by atoms with Crippen LogP contribution in [0.2, 0.25) is 5.02 Å². The summed E-state index contributed by atoms with van der Waals surface area (Å²) >= 11 is 6.28. The monoisotopic (exact) mass is 272 g/mol. The third kappa shape index (κ3) is 4.14. The standard InChI is InChI=1S/C13H21ClN2O2/c1-17-8-6-16(7-9-18-2)13-11(10-15)4-3-5-12(13)14/h3-5H,6-10,15H2,1-2H3. The van der Waals surface area contributed by atoms with Crippen molar-refractivity contribution in [1.29, 1.82) is 0 Å². The van der Waals surface area contributed by atoms with Crippen LogP contribution in [0.4, 0.5) is 5.69 Å². The molecule has 0 spiro atoms. The summed E-state index contributed by atoms with van der Waals surface area (Å²) in [5.41, 5.74) is 7.79. The fourth-order valence-electron chi connectivity index (χ4n) is 1.82. The Labute approximate surface area is 114 Å². The zero-order chi connectivity index (χ0) is 13.4. The van der Waals surface area contributed by atoms with Crippen LogP contribution < -0.4 is 10.6 Å². The average molecular weight is 273 g/mol. The number of rotatable bonds is 8. The Kier molecular flexibility index (Phi) is 7.05. The molecule has 0 aliphatic heterocycles. The van der Waals surface area contributed by atoms with Gasteiger partial charge in [-0.3, -0.25) is 0 Å². The minimum absolute atomic E-state index is 0.465. The van der Waals surface area contributed by atoms with E-state index in [0.29, 0.717) is 24.8 Å². The van der Waals surface area contributed by atoms with Gasteiger partial charge in [-0.2, -0.15) is 0 Å². The molecule has 0 saturated heterocycles. The van der Waals surface area contributed by atoms with E-state index in [1.807, 2.05) is 18.2 Å². The number of hydrogen-bond donors (Lipinski definition) is 1. The van der Waals surface area contributed by atoms with Gasteiger partial charge in [-0.1, -0.05) is 23.7 Å². The molecule has 0 aromatic heterocycles. The van der Waals surface area contributed by atoms with Crippen LogP contribution in [0.3, 0.4) is 0 Å². The molecule has 0 heterocycles. The first-order valence-corrected chi connectivity index (χ1v) is 6.32. The van der Waals surface area contributed by atoms with E-state index in [9.17, 15) is 0 Å². The molecule has 1 aromatic rings. The van der Waals surface area contributed by atoms with Crippen LogP contribution in [0.25, 0.3) is 0 Å². The number of benzene rings is 1. The summed E-state index contributed by atoms with van der Waals surface area (Å²) in [6.45, 7) is 3.26. The maximum atomic E-state index is 6.28. The van der Waals surface area contributed by atoms with Crippen LogP contribution in [-0.2, 0) is 16.0 Å². The van der Waals surface area contributed by atoms with Crippen LogP contribution in [0.5, 0.6) is 0 Å². The van der Waals surface area contributed by atoms with E-state index in [-0.39, 0.29) is 0 Å². The molecule has 5 heteroatoms. The fourth-order valence-corrected chi connectivity index (χ4v) is 2.13. The van der Waals surface area contributed by atoms with Gasteiger partial charge in [0.25, 0.3) is 0 Å². The molecule has 0 radical (unpaired) electrons. The Bertz CT molecular complexity index is 353. The van der Waals surface area contributed by atoms with Crippen molar-refractivity contribution in [1.82, 2.24) is 0 Å². The minimum atomic E-state index is 0.465. The lowest BCUT2D eigenvalue weighted by Gasteiger charge is -2.27. The van der Waals surface area contributed by atoms with Gasteiger partial charge in [-0.15, -0.1) is 0 Å². The summed E-state index contributed by atoms with van der Waals surface area (Å²) in [5, 5.41) is 0.713. The van der Waals surface area contributed by atoms with Crippen molar-refractivity contribution in [2.45, 2.75) is 6.54 Å². The molecular weight excluding hydrogens is 252 g/mol. The molecule has 0 saturated carbocycles. The molecule has 0 fully saturated rings. The molecule has 0 aliphatic carbocycles. The predicted octanol–water partition coefficient (Wildman–Crippen LogP) is 1.90. The highest BCUT2D eigenvalue weighted by molar-refractivity contribution is 6.33. The van der Waals surface area contributed by atoms with Crippen molar-refractivity contribution in [3.63, 3.8) is 0 Å². The number of hydrogen-bond acceptors (Lipinski definition) is 4. The molecule has 18 heavy (non-hydrogen) atoms. The molecule has 4 nitrogen and oxygen atoms in total. The summed E-state index contributed by atoms with van der Waals surface area (Å²) in [4.78, 5) is 2.15. The van der Waals surface area contributed by atoms with Gasteiger partial charge in [-0.25, -0.2) is 0 Å². The van der Waals surface area contributed by atoms with Gasteiger partial charge < -0.3 is 20.1 Å². The number of methoxy groups -OCH3 is 2. The van der Waals surface area contributed by atoms with Gasteiger partial charge in [0.15, 0.2) is 0 Å². The smallest absolute Gasteiger partial charge is 0.0642 e. The SMILES string of the molecule is COCCN(CCOC)c1c(Cl)cccc1CN. The van der Waals surface area contributed by atoms with Gasteiger partial charge in [0.2, 0.25) is 0 Å². The molecule has 0 atom stereocenters. The second kappa shape index (κ2) is 8.32. The van der Waals surface area contributed by atoms with E-state index in [1.54, 1.807) is 14.2 Å². The molecular formula is C13H21ClN2O2. The van der Waals surface area contributed by atoms with E-state index < -0.39 is 0 Å². The first-order valence-electron chi connectivity index (χ1n) is 5.94. The van der Waals surface area contributed by atoms with Crippen LogP contribution in [0.15, 0.2) is 18.2 Å². The second-order valence-corrected chi connectivity index (χ2v) is 4.33. The van der Waals surface area contributed by atoms with Crippen LogP contribution in [-0.4, -0.2) is 40.5 Å². The lowest BCUT2D eigenvalue weighted by molar-refractivity contribution is 0.190. The Morgan fingerprint density at radius 3 is 2.28 bits per heavy atom. The van der Waals surface area contributed by atoms with Crippen molar-refractivity contribution in [3.8, 4) is 0 Å². The van der Waals surface area contributed by atoms with Crippen molar-refractivity contribution in [2.75, 3.05) is 45.4 Å². The second-order valence-electron chi connectivity index (χ2n) is 3.92. The summed E-state index contributed by atoms with van der Waals surface area (Å²) in [6, 6.07) is 5.79. The van der Waals surface area contributed by atoms with Gasteiger partial charge in [0, 0.05) is 33.9 Å². The van der Waals surface area contributed by atoms with Gasteiger partial charge in [0.1, 0.15) is 0 Å². The molecule has 2 N–H and O–H groups in total. The Hall–Kier alpha value is -0.810. The summed E-state index contributed by atoms with van der Waals surface area (Å²) in [6.07, 6.45) is 0. The van der Waals surface area contributed by atoms with E-state index >= 15 is 0 Å². The highest BCUT2D eigenvalue weighted by atomic mass is 35.5. The highest BCUT2D eigenvalue weighted by Crippen LogP contribution is 2.29.